The Balaban J connectivity index is 3.07. The maximum atomic E-state index is 3.83. The van der Waals surface area contributed by atoms with Crippen molar-refractivity contribution in [3.63, 3.8) is 0 Å². The van der Waals surface area contributed by atoms with E-state index in [-0.39, 0.29) is 0 Å². The van der Waals surface area contributed by atoms with Gasteiger partial charge in [0.25, 0.3) is 0 Å². The van der Waals surface area contributed by atoms with E-state index in [4.69, 9.17) is 0 Å². The average Bonchev–Trinajstić information content (AvgIpc) is 1.88. The summed E-state index contributed by atoms with van der Waals surface area (Å²) in [5.74, 6) is 0. The Bertz CT molecular complexity index is 251. The van der Waals surface area contributed by atoms with Crippen LogP contribution in [0.15, 0.2) is 29.3 Å². The Morgan fingerprint density at radius 1 is 1.70 bits per heavy atom. The summed E-state index contributed by atoms with van der Waals surface area (Å²) in [5, 5.41) is 0. The van der Waals surface area contributed by atoms with Gasteiger partial charge in [0.15, 0.2) is 0 Å². The molecule has 10 heavy (non-hydrogen) atoms. The topological polar surface area (TPSA) is 0 Å². The molecule has 0 spiro atoms. The molecule has 0 N–H and O–H groups in total. The van der Waals surface area contributed by atoms with Gasteiger partial charge in [-0.1, -0.05) is 40.2 Å². The summed E-state index contributed by atoms with van der Waals surface area (Å²) in [6, 6.07) is 8.88. The van der Waals surface area contributed by atoms with E-state index in [2.05, 4.69) is 28.6 Å². The second-order valence-corrected chi connectivity index (χ2v) is 3.06. The highest BCUT2D eigenvalue weighted by atomic mass is 79.9. The van der Waals surface area contributed by atoms with Crippen LogP contribution in [0.4, 0.5) is 0 Å². The number of halogens is 1. The highest BCUT2D eigenvalue weighted by Gasteiger charge is 1.91. The van der Waals surface area contributed by atoms with E-state index in [1.165, 1.54) is 0 Å². The molecule has 0 aliphatic heterocycles. The molecule has 0 heterocycles. The summed E-state index contributed by atoms with van der Waals surface area (Å²) >= 11 is 3.33. The molecule has 1 rings (SSSR count). The highest BCUT2D eigenvalue weighted by Crippen LogP contribution is 2.16. The first-order chi connectivity index (χ1) is 4.70. The van der Waals surface area contributed by atoms with Gasteiger partial charge in [-0.05, 0) is 24.6 Å². The van der Waals surface area contributed by atoms with E-state index in [1.54, 1.807) is 0 Å². The van der Waals surface area contributed by atoms with E-state index >= 15 is 0 Å². The molecule has 0 bridgehead atoms. The molecular weight excluding hydrogens is 188 g/mol. The zero-order valence-electron chi connectivity index (χ0n) is 5.82. The molecule has 0 unspecified atom stereocenters. The molecule has 51 valence electrons. The fourth-order valence-electron chi connectivity index (χ4n) is 0.703. The lowest BCUT2D eigenvalue weighted by atomic mass is 10.1. The van der Waals surface area contributed by atoms with Gasteiger partial charge in [-0.25, -0.2) is 0 Å². The smallest absolute Gasteiger partial charge is 0.0260 e. The van der Waals surface area contributed by atoms with Gasteiger partial charge in [0, 0.05) is 4.47 Å². The van der Waals surface area contributed by atoms with Gasteiger partial charge < -0.3 is 0 Å². The van der Waals surface area contributed by atoms with E-state index in [1.807, 2.05) is 25.1 Å². The van der Waals surface area contributed by atoms with Crippen molar-refractivity contribution in [1.29, 1.82) is 0 Å². The summed E-state index contributed by atoms with van der Waals surface area (Å²) in [6.45, 7) is 5.82. The van der Waals surface area contributed by atoms with Gasteiger partial charge in [-0.2, -0.15) is 0 Å². The van der Waals surface area contributed by atoms with Crippen LogP contribution >= 0.6 is 15.9 Å². The van der Waals surface area contributed by atoms with Crippen molar-refractivity contribution < 1.29 is 0 Å². The normalized spacial score (nSPS) is 9.40. The number of rotatable bonds is 1. The standard InChI is InChI=1S/C9H8Br/c1-7(2)8-4-3-5-9(10)6-8/h3-4,6H,1H2,2H3. The Morgan fingerprint density at radius 2 is 2.40 bits per heavy atom. The maximum Gasteiger partial charge on any atom is 0.0260 e. The summed E-state index contributed by atoms with van der Waals surface area (Å²) in [5.41, 5.74) is 2.24. The molecular formula is C9H8Br. The first kappa shape index (κ1) is 7.55. The molecule has 0 atom stereocenters. The van der Waals surface area contributed by atoms with Crippen molar-refractivity contribution in [2.24, 2.45) is 0 Å². The van der Waals surface area contributed by atoms with Gasteiger partial charge in [0.05, 0.1) is 0 Å². The summed E-state index contributed by atoms with van der Waals surface area (Å²) < 4.78 is 0.980. The van der Waals surface area contributed by atoms with Crippen LogP contribution in [-0.2, 0) is 0 Å². The second-order valence-electron chi connectivity index (χ2n) is 2.21. The van der Waals surface area contributed by atoms with Crippen molar-refractivity contribution in [1.82, 2.24) is 0 Å². The van der Waals surface area contributed by atoms with Gasteiger partial charge in [-0.3, -0.25) is 0 Å². The zero-order chi connectivity index (χ0) is 7.56. The first-order valence-corrected chi connectivity index (χ1v) is 3.82. The van der Waals surface area contributed by atoms with Crippen LogP contribution in [0.5, 0.6) is 0 Å². The van der Waals surface area contributed by atoms with Crippen molar-refractivity contribution in [2.75, 3.05) is 0 Å². The van der Waals surface area contributed by atoms with Crippen LogP contribution in [0, 0.1) is 6.07 Å². The molecule has 0 aromatic heterocycles. The van der Waals surface area contributed by atoms with Gasteiger partial charge in [0.1, 0.15) is 0 Å². The Morgan fingerprint density at radius 3 is 2.80 bits per heavy atom. The molecule has 1 heteroatoms. The molecule has 1 aromatic carbocycles. The first-order valence-electron chi connectivity index (χ1n) is 3.03. The molecule has 0 aliphatic carbocycles. The molecule has 0 nitrogen and oxygen atoms in total. The Labute approximate surface area is 69.7 Å². The number of benzene rings is 1. The summed E-state index contributed by atoms with van der Waals surface area (Å²) in [6.07, 6.45) is 0. The van der Waals surface area contributed by atoms with Crippen molar-refractivity contribution in [2.45, 2.75) is 6.92 Å². The maximum absolute atomic E-state index is 3.83. The molecule has 0 amide bonds. The van der Waals surface area contributed by atoms with Crippen molar-refractivity contribution in [3.8, 4) is 0 Å². The lowest BCUT2D eigenvalue weighted by molar-refractivity contribution is 1.54. The largest absolute Gasteiger partial charge is 0.0955 e. The molecule has 0 saturated carbocycles. The van der Waals surface area contributed by atoms with Crippen LogP contribution in [-0.4, -0.2) is 0 Å². The predicted molar refractivity (Wildman–Crippen MR) is 47.7 cm³/mol. The minimum Gasteiger partial charge on any atom is -0.0955 e. The highest BCUT2D eigenvalue weighted by molar-refractivity contribution is 9.10. The zero-order valence-corrected chi connectivity index (χ0v) is 7.40. The van der Waals surface area contributed by atoms with Gasteiger partial charge in [0.2, 0.25) is 0 Å². The Kier molecular flexibility index (Phi) is 2.28. The quantitative estimate of drug-likeness (QED) is 0.646. The number of allylic oxidation sites excluding steroid dienone is 1. The fourth-order valence-corrected chi connectivity index (χ4v) is 1.08. The molecule has 0 aliphatic rings. The summed E-state index contributed by atoms with van der Waals surface area (Å²) in [4.78, 5) is 0. The lowest BCUT2D eigenvalue weighted by Gasteiger charge is -1.97. The third-order valence-electron chi connectivity index (χ3n) is 1.26. The SMILES string of the molecule is C=C(C)c1cc[c]c(Br)c1. The third-order valence-corrected chi connectivity index (χ3v) is 1.72. The second kappa shape index (κ2) is 3.02. The van der Waals surface area contributed by atoms with Crippen LogP contribution in [0.2, 0.25) is 0 Å². The minimum absolute atomic E-state index is 0.980. The van der Waals surface area contributed by atoms with Crippen LogP contribution < -0.4 is 0 Å². The van der Waals surface area contributed by atoms with E-state index < -0.39 is 0 Å². The predicted octanol–water partition coefficient (Wildman–Crippen LogP) is 3.28. The molecule has 0 fully saturated rings. The lowest BCUT2D eigenvalue weighted by Crippen LogP contribution is -1.75. The van der Waals surface area contributed by atoms with E-state index in [0.717, 1.165) is 15.6 Å². The van der Waals surface area contributed by atoms with Crippen LogP contribution in [0.25, 0.3) is 5.57 Å². The van der Waals surface area contributed by atoms with E-state index in [0.29, 0.717) is 0 Å². The monoisotopic (exact) mass is 195 g/mol. The van der Waals surface area contributed by atoms with Crippen LogP contribution in [0.3, 0.4) is 0 Å². The molecule has 1 radical (unpaired) electrons. The molecule has 1 aromatic rings. The van der Waals surface area contributed by atoms with Crippen molar-refractivity contribution >= 4 is 21.5 Å². The van der Waals surface area contributed by atoms with Gasteiger partial charge >= 0.3 is 0 Å². The Hall–Kier alpha value is -0.560. The third kappa shape index (κ3) is 1.71. The van der Waals surface area contributed by atoms with E-state index in [9.17, 15) is 0 Å². The number of hydrogen-bond donors (Lipinski definition) is 0. The van der Waals surface area contributed by atoms with Crippen molar-refractivity contribution in [3.05, 3.63) is 40.9 Å². The average molecular weight is 196 g/mol. The van der Waals surface area contributed by atoms with Crippen LogP contribution in [0.1, 0.15) is 12.5 Å². The number of hydrogen-bond acceptors (Lipinski definition) is 0. The minimum atomic E-state index is 0.980. The summed E-state index contributed by atoms with van der Waals surface area (Å²) in [7, 11) is 0. The fraction of sp³-hybridized carbons (Fsp3) is 0.111. The molecule has 0 saturated heterocycles. The van der Waals surface area contributed by atoms with Gasteiger partial charge in [-0.15, -0.1) is 0 Å².